The third kappa shape index (κ3) is 2.90. The van der Waals surface area contributed by atoms with Crippen molar-refractivity contribution in [2.75, 3.05) is 17.2 Å². The fourth-order valence-electron chi connectivity index (χ4n) is 1.72. The van der Waals surface area contributed by atoms with Crippen LogP contribution in [-0.2, 0) is 0 Å². The topological polar surface area (TPSA) is 54.0 Å². The average molecular weight is 277 g/mol. The van der Waals surface area contributed by atoms with Gasteiger partial charge in [-0.15, -0.1) is 0 Å². The quantitative estimate of drug-likeness (QED) is 0.903. The fraction of sp³-hybridized carbons (Fsp3) is 0.143. The highest BCUT2D eigenvalue weighted by Gasteiger charge is 2.15. The molecule has 0 spiro atoms. The van der Waals surface area contributed by atoms with Crippen molar-refractivity contribution in [3.05, 3.63) is 53.9 Å². The van der Waals surface area contributed by atoms with Gasteiger partial charge in [-0.1, -0.05) is 6.07 Å². The van der Waals surface area contributed by atoms with Crippen molar-refractivity contribution in [1.82, 2.24) is 4.98 Å². The Kier molecular flexibility index (Phi) is 4.24. The number of anilines is 2. The molecule has 0 aliphatic carbocycles. The maximum absolute atomic E-state index is 13.5. The molecular weight excluding hydrogens is 264 g/mol. The van der Waals surface area contributed by atoms with Crippen LogP contribution in [-0.4, -0.2) is 17.4 Å². The Bertz CT molecular complexity index is 611. The zero-order valence-electron chi connectivity index (χ0n) is 10.8. The SMILES string of the molecule is CCNc1cnccc1C(=O)Nc1c(F)cccc1F. The summed E-state index contributed by atoms with van der Waals surface area (Å²) < 4.78 is 27.0. The molecule has 2 rings (SSSR count). The summed E-state index contributed by atoms with van der Waals surface area (Å²) in [4.78, 5) is 16.0. The summed E-state index contributed by atoms with van der Waals surface area (Å²) in [6, 6.07) is 4.87. The molecule has 2 aromatic rings. The number of benzene rings is 1. The number of amides is 1. The van der Waals surface area contributed by atoms with E-state index >= 15 is 0 Å². The number of para-hydroxylation sites is 1. The predicted molar refractivity (Wildman–Crippen MR) is 72.7 cm³/mol. The van der Waals surface area contributed by atoms with Gasteiger partial charge in [0.25, 0.3) is 5.91 Å². The first-order valence-electron chi connectivity index (χ1n) is 6.06. The molecular formula is C14H13F2N3O. The molecule has 0 saturated carbocycles. The van der Waals surface area contributed by atoms with Gasteiger partial charge in [0.1, 0.15) is 17.3 Å². The van der Waals surface area contributed by atoms with Crippen LogP contribution >= 0.6 is 0 Å². The summed E-state index contributed by atoms with van der Waals surface area (Å²) in [7, 11) is 0. The lowest BCUT2D eigenvalue weighted by Gasteiger charge is -2.11. The second-order valence-corrected chi connectivity index (χ2v) is 4.00. The van der Waals surface area contributed by atoms with Gasteiger partial charge in [0.05, 0.1) is 17.4 Å². The van der Waals surface area contributed by atoms with E-state index in [0.29, 0.717) is 12.2 Å². The summed E-state index contributed by atoms with van der Waals surface area (Å²) in [6.45, 7) is 2.46. The first kappa shape index (κ1) is 13.9. The lowest BCUT2D eigenvalue weighted by Crippen LogP contribution is -2.16. The van der Waals surface area contributed by atoms with Gasteiger partial charge in [-0.25, -0.2) is 8.78 Å². The van der Waals surface area contributed by atoms with Crippen LogP contribution in [0.25, 0.3) is 0 Å². The number of nitrogens with one attached hydrogen (secondary N) is 2. The lowest BCUT2D eigenvalue weighted by molar-refractivity contribution is 0.102. The number of hydrogen-bond donors (Lipinski definition) is 2. The number of carbonyl (C=O) groups is 1. The van der Waals surface area contributed by atoms with Gasteiger partial charge >= 0.3 is 0 Å². The molecule has 104 valence electrons. The second-order valence-electron chi connectivity index (χ2n) is 4.00. The molecule has 20 heavy (non-hydrogen) atoms. The number of hydrogen-bond acceptors (Lipinski definition) is 3. The van der Waals surface area contributed by atoms with E-state index in [0.717, 1.165) is 12.1 Å². The standard InChI is InChI=1S/C14H13F2N3O/c1-2-18-12-8-17-7-6-9(12)14(20)19-13-10(15)4-3-5-11(13)16/h3-8,18H,2H2,1H3,(H,19,20). The molecule has 0 aliphatic heterocycles. The molecule has 2 N–H and O–H groups in total. The first-order chi connectivity index (χ1) is 9.63. The molecule has 1 aromatic heterocycles. The van der Waals surface area contributed by atoms with Crippen molar-refractivity contribution < 1.29 is 13.6 Å². The van der Waals surface area contributed by atoms with Crippen molar-refractivity contribution in [2.45, 2.75) is 6.92 Å². The maximum atomic E-state index is 13.5. The van der Waals surface area contributed by atoms with E-state index in [1.165, 1.54) is 24.5 Å². The largest absolute Gasteiger partial charge is 0.383 e. The molecule has 0 aliphatic rings. The molecule has 0 atom stereocenters. The first-order valence-corrected chi connectivity index (χ1v) is 6.06. The van der Waals surface area contributed by atoms with Gasteiger partial charge < -0.3 is 10.6 Å². The third-order valence-electron chi connectivity index (χ3n) is 2.63. The van der Waals surface area contributed by atoms with Crippen LogP contribution in [0.5, 0.6) is 0 Å². The summed E-state index contributed by atoms with van der Waals surface area (Å²) in [5, 5.41) is 5.20. The molecule has 0 unspecified atom stereocenters. The lowest BCUT2D eigenvalue weighted by atomic mass is 10.2. The number of rotatable bonds is 4. The highest BCUT2D eigenvalue weighted by atomic mass is 19.1. The number of carbonyl (C=O) groups excluding carboxylic acids is 1. The Hall–Kier alpha value is -2.50. The van der Waals surface area contributed by atoms with Crippen molar-refractivity contribution in [3.8, 4) is 0 Å². The van der Waals surface area contributed by atoms with Crippen LogP contribution in [0.4, 0.5) is 20.2 Å². The Morgan fingerprint density at radius 1 is 1.25 bits per heavy atom. The van der Waals surface area contributed by atoms with Gasteiger partial charge in [-0.3, -0.25) is 9.78 Å². The van der Waals surface area contributed by atoms with Crippen molar-refractivity contribution in [3.63, 3.8) is 0 Å². The summed E-state index contributed by atoms with van der Waals surface area (Å²) in [5.74, 6) is -2.25. The van der Waals surface area contributed by atoms with Crippen molar-refractivity contribution in [2.24, 2.45) is 0 Å². The summed E-state index contributed by atoms with van der Waals surface area (Å²) in [6.07, 6.45) is 2.92. The minimum Gasteiger partial charge on any atom is -0.383 e. The monoisotopic (exact) mass is 277 g/mol. The van der Waals surface area contributed by atoms with Crippen molar-refractivity contribution >= 4 is 17.3 Å². The van der Waals surface area contributed by atoms with Crippen LogP contribution < -0.4 is 10.6 Å². The van der Waals surface area contributed by atoms with Gasteiger partial charge in [0.15, 0.2) is 0 Å². The maximum Gasteiger partial charge on any atom is 0.258 e. The van der Waals surface area contributed by atoms with Crippen LogP contribution in [0.3, 0.4) is 0 Å². The van der Waals surface area contributed by atoms with Gasteiger partial charge in [-0.05, 0) is 25.1 Å². The minimum absolute atomic E-state index is 0.268. The molecule has 0 fully saturated rings. The van der Waals surface area contributed by atoms with E-state index in [9.17, 15) is 13.6 Å². The van der Waals surface area contributed by atoms with Gasteiger partial charge in [-0.2, -0.15) is 0 Å². The number of halogens is 2. The zero-order valence-corrected chi connectivity index (χ0v) is 10.8. The van der Waals surface area contributed by atoms with Crippen LogP contribution in [0, 0.1) is 11.6 Å². The Balaban J connectivity index is 2.29. The van der Waals surface area contributed by atoms with Gasteiger partial charge in [0, 0.05) is 12.7 Å². The molecule has 6 heteroatoms. The Morgan fingerprint density at radius 2 is 1.95 bits per heavy atom. The van der Waals surface area contributed by atoms with E-state index in [1.54, 1.807) is 0 Å². The van der Waals surface area contributed by atoms with E-state index in [2.05, 4.69) is 15.6 Å². The normalized spacial score (nSPS) is 10.2. The number of aromatic nitrogens is 1. The smallest absolute Gasteiger partial charge is 0.258 e. The molecule has 0 bridgehead atoms. The molecule has 0 radical (unpaired) electrons. The number of nitrogens with zero attached hydrogens (tertiary/aromatic N) is 1. The molecule has 1 amide bonds. The minimum atomic E-state index is -0.822. The van der Waals surface area contributed by atoms with E-state index in [4.69, 9.17) is 0 Å². The van der Waals surface area contributed by atoms with Crippen LogP contribution in [0.2, 0.25) is 0 Å². The highest BCUT2D eigenvalue weighted by molar-refractivity contribution is 6.08. The fourth-order valence-corrected chi connectivity index (χ4v) is 1.72. The molecule has 1 aromatic carbocycles. The summed E-state index contributed by atoms with van der Waals surface area (Å²) in [5.41, 5.74) is 0.311. The molecule has 1 heterocycles. The van der Waals surface area contributed by atoms with Gasteiger partial charge in [0.2, 0.25) is 0 Å². The highest BCUT2D eigenvalue weighted by Crippen LogP contribution is 2.21. The molecule has 0 saturated heterocycles. The second kappa shape index (κ2) is 6.10. The number of pyridine rings is 1. The van der Waals surface area contributed by atoms with E-state index in [1.807, 2.05) is 6.92 Å². The Morgan fingerprint density at radius 3 is 2.60 bits per heavy atom. The third-order valence-corrected chi connectivity index (χ3v) is 2.63. The van der Waals surface area contributed by atoms with E-state index < -0.39 is 23.2 Å². The summed E-state index contributed by atoms with van der Waals surface area (Å²) >= 11 is 0. The van der Waals surface area contributed by atoms with Crippen LogP contribution in [0.1, 0.15) is 17.3 Å². The van der Waals surface area contributed by atoms with Crippen LogP contribution in [0.15, 0.2) is 36.7 Å². The average Bonchev–Trinajstić information content (AvgIpc) is 2.44. The van der Waals surface area contributed by atoms with Crippen molar-refractivity contribution in [1.29, 1.82) is 0 Å². The zero-order chi connectivity index (χ0) is 14.5. The van der Waals surface area contributed by atoms with E-state index in [-0.39, 0.29) is 5.56 Å². The molecule has 4 nitrogen and oxygen atoms in total. The predicted octanol–water partition coefficient (Wildman–Crippen LogP) is 3.04. The Labute approximate surface area is 114 Å².